The summed E-state index contributed by atoms with van der Waals surface area (Å²) in [7, 11) is 0. The smallest absolute Gasteiger partial charge is 0.0888 e. The summed E-state index contributed by atoms with van der Waals surface area (Å²) < 4.78 is 0. The topological polar surface area (TPSA) is 9.72 Å². The van der Waals surface area contributed by atoms with Gasteiger partial charge in [0.15, 0.2) is 0 Å². The van der Waals surface area contributed by atoms with E-state index in [0.29, 0.717) is 5.02 Å². The maximum absolute atomic E-state index is 8.29. The predicted octanol–water partition coefficient (Wildman–Crippen LogP) is 20.9. The van der Waals surface area contributed by atoms with Crippen molar-refractivity contribution >= 4 is 73.6 Å². The number of hydrogen-bond donors (Lipinski definition) is 0. The van der Waals surface area contributed by atoms with Gasteiger partial charge in [0.05, 0.1) is 27.8 Å². The summed E-state index contributed by atoms with van der Waals surface area (Å²) in [6, 6.07) is 76.4. The first-order chi connectivity index (χ1) is 35.5. The zero-order chi connectivity index (χ0) is 49.7. The highest BCUT2D eigenvalue weighted by atomic mass is 35.5. The number of rotatable bonds is 22. The van der Waals surface area contributed by atoms with Crippen LogP contribution < -0.4 is 14.7 Å². The van der Waals surface area contributed by atoms with E-state index in [1.165, 1.54) is 27.6 Å². The van der Waals surface area contributed by atoms with Crippen molar-refractivity contribution in [1.82, 2.24) is 0 Å². The number of nitrogens with zero attached hydrogens (tertiary/aromatic N) is 3. The molecule has 0 spiro atoms. The van der Waals surface area contributed by atoms with Crippen molar-refractivity contribution in [3.05, 3.63) is 234 Å². The number of anilines is 9. The average Bonchev–Trinajstić information content (AvgIpc) is 3.44. The second-order valence-corrected chi connectivity index (χ2v) is 19.6. The number of benzene rings is 9. The lowest BCUT2D eigenvalue weighted by atomic mass is 9.96. The van der Waals surface area contributed by atoms with E-state index in [4.69, 9.17) is 11.6 Å². The molecule has 0 saturated heterocycles. The Balaban J connectivity index is 1.37. The highest BCUT2D eigenvalue weighted by Gasteiger charge is 2.28. The van der Waals surface area contributed by atoms with Crippen LogP contribution in [0.25, 0.3) is 21.9 Å². The quantitative estimate of drug-likeness (QED) is 0.0670. The van der Waals surface area contributed by atoms with Gasteiger partial charge in [0.1, 0.15) is 0 Å². The first-order valence-electron chi connectivity index (χ1n) is 26.7. The van der Waals surface area contributed by atoms with Crippen LogP contribution >= 0.6 is 11.6 Å². The van der Waals surface area contributed by atoms with Gasteiger partial charge in [-0.05, 0) is 157 Å². The van der Waals surface area contributed by atoms with Crippen molar-refractivity contribution in [2.24, 2.45) is 0 Å². The van der Waals surface area contributed by atoms with Gasteiger partial charge in [-0.15, -0.1) is 0 Å². The Morgan fingerprint density at radius 2 is 0.694 bits per heavy atom. The molecule has 4 heteroatoms. The van der Waals surface area contributed by atoms with Gasteiger partial charge < -0.3 is 14.7 Å². The molecule has 0 unspecified atom stereocenters. The summed E-state index contributed by atoms with van der Waals surface area (Å²) in [5.74, 6) is 0. The number of hydrogen-bond acceptors (Lipinski definition) is 3. The van der Waals surface area contributed by atoms with Crippen LogP contribution in [-0.2, 0) is 25.7 Å². The summed E-state index contributed by atoms with van der Waals surface area (Å²) in [4.78, 5) is 7.23. The summed E-state index contributed by atoms with van der Waals surface area (Å²) in [5, 5.41) is 2.98. The summed E-state index contributed by atoms with van der Waals surface area (Å²) in [6.07, 6.45) is 13.4. The van der Waals surface area contributed by atoms with E-state index in [0.717, 1.165) is 145 Å². The number of unbranched alkanes of at least 4 members (excludes halogenated alkanes) is 4. The molecule has 0 amide bonds. The number of fused-ring (bicyclic) bond motifs is 1. The van der Waals surface area contributed by atoms with E-state index in [1.807, 2.05) is 0 Å². The van der Waals surface area contributed by atoms with Crippen LogP contribution in [0.2, 0.25) is 5.02 Å². The Hall–Kier alpha value is -7.07. The maximum Gasteiger partial charge on any atom is 0.0888 e. The van der Waals surface area contributed by atoms with Crippen molar-refractivity contribution in [3.8, 4) is 11.1 Å². The fraction of sp³-hybridized carbons (Fsp3) is 0.235. The molecule has 9 rings (SSSR count). The molecule has 0 N–H and O–H groups in total. The molecule has 0 aliphatic carbocycles. The lowest BCUT2D eigenvalue weighted by Crippen LogP contribution is -2.18. The fourth-order valence-corrected chi connectivity index (χ4v) is 10.3. The van der Waals surface area contributed by atoms with E-state index in [2.05, 4.69) is 249 Å². The van der Waals surface area contributed by atoms with Crippen LogP contribution in [0.4, 0.5) is 51.2 Å². The zero-order valence-corrected chi connectivity index (χ0v) is 43.6. The lowest BCUT2D eigenvalue weighted by Gasteiger charge is -2.35. The summed E-state index contributed by atoms with van der Waals surface area (Å²) in [6.45, 7) is 9.05. The van der Waals surface area contributed by atoms with Crippen LogP contribution in [0.15, 0.2) is 206 Å². The Labute approximate surface area is 435 Å². The summed E-state index contributed by atoms with van der Waals surface area (Å²) in [5.41, 5.74) is 16.8. The van der Waals surface area contributed by atoms with E-state index >= 15 is 0 Å². The van der Waals surface area contributed by atoms with Crippen LogP contribution in [-0.4, -0.2) is 0 Å². The largest absolute Gasteiger partial charge is 0.309 e. The van der Waals surface area contributed by atoms with Crippen LogP contribution in [0.1, 0.15) is 101 Å². The number of aryl methyl sites for hydroxylation is 4. The molecular formula is C68H70ClN3. The van der Waals surface area contributed by atoms with E-state index in [9.17, 15) is 0 Å². The zero-order valence-electron chi connectivity index (χ0n) is 42.8. The van der Waals surface area contributed by atoms with Gasteiger partial charge in [-0.2, -0.15) is 0 Å². The highest BCUT2D eigenvalue weighted by Crippen LogP contribution is 2.53. The number of halogens is 1. The molecule has 364 valence electrons. The van der Waals surface area contributed by atoms with Gasteiger partial charge in [0.2, 0.25) is 0 Å². The lowest BCUT2D eigenvalue weighted by molar-refractivity contribution is 0.795. The first kappa shape index (κ1) is 49.9. The molecule has 0 aliphatic heterocycles. The Morgan fingerprint density at radius 1 is 0.333 bits per heavy atom. The molecule has 0 fully saturated rings. The van der Waals surface area contributed by atoms with Gasteiger partial charge in [-0.3, -0.25) is 0 Å². The molecule has 72 heavy (non-hydrogen) atoms. The molecule has 9 aromatic rings. The molecule has 0 aliphatic rings. The van der Waals surface area contributed by atoms with Gasteiger partial charge in [0.25, 0.3) is 0 Å². The third-order valence-electron chi connectivity index (χ3n) is 14.0. The van der Waals surface area contributed by atoms with Crippen molar-refractivity contribution < 1.29 is 0 Å². The van der Waals surface area contributed by atoms with Crippen molar-refractivity contribution in [1.29, 1.82) is 0 Å². The Bertz CT molecular complexity index is 2880. The van der Waals surface area contributed by atoms with Crippen molar-refractivity contribution in [3.63, 3.8) is 0 Å². The molecule has 0 bridgehead atoms. The molecule has 3 nitrogen and oxygen atoms in total. The highest BCUT2D eigenvalue weighted by molar-refractivity contribution is 6.37. The molecule has 0 aromatic heterocycles. The van der Waals surface area contributed by atoms with Gasteiger partial charge in [-0.25, -0.2) is 0 Å². The second kappa shape index (κ2) is 24.4. The number of para-hydroxylation sites is 1. The molecule has 0 heterocycles. The fourth-order valence-electron chi connectivity index (χ4n) is 9.99. The van der Waals surface area contributed by atoms with Crippen LogP contribution in [0, 0.1) is 0 Å². The molecule has 0 radical (unpaired) electrons. The standard InChI is InChI=1S/C68H70ClN3/c1-5-9-21-51-31-40-58(41-32-51)70(59-42-33-52(34-43-59)22-10-6-2)65-49-62(72(57-28-17-14-18-29-57)68-63-30-20-19-27-56(63)39-48-64(68)55-25-15-13-16-26-55)50-66(67(65)69)71(60-44-35-53(36-45-60)23-11-7-3)61-46-37-54(38-47-61)24-12-8-4/h13-20,25-50H,5-12,21-24H2,1-4H3. The van der Waals surface area contributed by atoms with Crippen LogP contribution in [0.3, 0.4) is 0 Å². The van der Waals surface area contributed by atoms with Crippen molar-refractivity contribution in [2.75, 3.05) is 14.7 Å². The van der Waals surface area contributed by atoms with E-state index < -0.39 is 0 Å². The summed E-state index contributed by atoms with van der Waals surface area (Å²) >= 11 is 8.29. The molecular weight excluding hydrogens is 894 g/mol. The second-order valence-electron chi connectivity index (χ2n) is 19.3. The minimum Gasteiger partial charge on any atom is -0.309 e. The van der Waals surface area contributed by atoms with Gasteiger partial charge >= 0.3 is 0 Å². The maximum atomic E-state index is 8.29. The third kappa shape index (κ3) is 11.5. The van der Waals surface area contributed by atoms with E-state index in [-0.39, 0.29) is 0 Å². The Kier molecular flexibility index (Phi) is 16.9. The van der Waals surface area contributed by atoms with Crippen LogP contribution in [0.5, 0.6) is 0 Å². The normalized spacial score (nSPS) is 11.2. The first-order valence-corrected chi connectivity index (χ1v) is 27.1. The SMILES string of the molecule is CCCCc1ccc(N(c2ccc(CCCC)cc2)c2cc(N(c3ccccc3)c3c(-c4ccccc4)ccc4ccccc34)cc(N(c3ccc(CCCC)cc3)c3ccc(CCCC)cc3)c2Cl)cc1. The monoisotopic (exact) mass is 964 g/mol. The predicted molar refractivity (Wildman–Crippen MR) is 313 cm³/mol. The van der Waals surface area contributed by atoms with Gasteiger partial charge in [0, 0.05) is 39.4 Å². The minimum atomic E-state index is 0.656. The molecule has 0 atom stereocenters. The van der Waals surface area contributed by atoms with Gasteiger partial charge in [-0.1, -0.05) is 198 Å². The van der Waals surface area contributed by atoms with E-state index in [1.54, 1.807) is 0 Å². The third-order valence-corrected chi connectivity index (χ3v) is 14.4. The van der Waals surface area contributed by atoms with Crippen molar-refractivity contribution in [2.45, 2.75) is 105 Å². The minimum absolute atomic E-state index is 0.656. The average molecular weight is 965 g/mol. The Morgan fingerprint density at radius 3 is 1.10 bits per heavy atom. The molecule has 0 saturated carbocycles. The molecule has 9 aromatic carbocycles.